The van der Waals surface area contributed by atoms with Crippen LogP contribution in [-0.4, -0.2) is 4.98 Å². The van der Waals surface area contributed by atoms with E-state index in [4.69, 9.17) is 0 Å². The molecule has 0 aliphatic rings. The number of rotatable bonds is 2. The van der Waals surface area contributed by atoms with Crippen LogP contribution in [0.4, 0.5) is 8.78 Å². The molecule has 1 heterocycles. The molecule has 2 nitrogen and oxygen atoms in total. The summed E-state index contributed by atoms with van der Waals surface area (Å²) in [6.45, 7) is 0. The first kappa shape index (κ1) is 13.2. The van der Waals surface area contributed by atoms with Gasteiger partial charge in [0.1, 0.15) is 11.6 Å². The maximum atomic E-state index is 13.0. The lowest BCUT2D eigenvalue weighted by Crippen LogP contribution is -2.08. The molecule has 3 aromatic rings. The Balaban J connectivity index is 2.13. The highest BCUT2D eigenvalue weighted by molar-refractivity contribution is 5.71. The van der Waals surface area contributed by atoms with Crippen LogP contribution in [0.25, 0.3) is 22.3 Å². The van der Waals surface area contributed by atoms with E-state index < -0.39 is 0 Å². The van der Waals surface area contributed by atoms with Gasteiger partial charge in [-0.3, -0.25) is 4.79 Å². The fourth-order valence-corrected chi connectivity index (χ4v) is 2.17. The molecule has 0 aliphatic heterocycles. The molecule has 104 valence electrons. The van der Waals surface area contributed by atoms with Gasteiger partial charge in [-0.1, -0.05) is 24.3 Å². The van der Waals surface area contributed by atoms with Gasteiger partial charge in [-0.15, -0.1) is 0 Å². The number of pyridine rings is 1. The van der Waals surface area contributed by atoms with Gasteiger partial charge in [0.25, 0.3) is 0 Å². The summed E-state index contributed by atoms with van der Waals surface area (Å²) in [4.78, 5) is 15.4. The molecule has 0 atom stereocenters. The molecular formula is C17H11F2NO. The fourth-order valence-electron chi connectivity index (χ4n) is 2.17. The van der Waals surface area contributed by atoms with E-state index in [1.807, 2.05) is 0 Å². The predicted octanol–water partition coefficient (Wildman–Crippen LogP) is 3.99. The Kier molecular flexibility index (Phi) is 3.36. The maximum absolute atomic E-state index is 13.0. The Hall–Kier alpha value is -2.75. The topological polar surface area (TPSA) is 32.9 Å². The quantitative estimate of drug-likeness (QED) is 0.758. The third-order valence-electron chi connectivity index (χ3n) is 3.26. The van der Waals surface area contributed by atoms with Gasteiger partial charge < -0.3 is 4.98 Å². The van der Waals surface area contributed by atoms with Crippen LogP contribution < -0.4 is 5.43 Å². The van der Waals surface area contributed by atoms with Crippen molar-refractivity contribution in [2.24, 2.45) is 0 Å². The molecule has 1 aromatic heterocycles. The van der Waals surface area contributed by atoms with E-state index >= 15 is 0 Å². The smallest absolute Gasteiger partial charge is 0.197 e. The normalized spacial score (nSPS) is 10.6. The minimum Gasteiger partial charge on any atom is -0.366 e. The van der Waals surface area contributed by atoms with E-state index in [1.54, 1.807) is 36.7 Å². The third-order valence-corrected chi connectivity index (χ3v) is 3.26. The largest absolute Gasteiger partial charge is 0.366 e. The van der Waals surface area contributed by atoms with Crippen molar-refractivity contribution in [3.63, 3.8) is 0 Å². The van der Waals surface area contributed by atoms with Crippen molar-refractivity contribution < 1.29 is 8.78 Å². The number of nitrogens with one attached hydrogen (secondary N) is 1. The molecule has 0 spiro atoms. The molecule has 0 fully saturated rings. The summed E-state index contributed by atoms with van der Waals surface area (Å²) in [5.41, 5.74) is 1.95. The zero-order chi connectivity index (χ0) is 14.8. The Labute approximate surface area is 119 Å². The summed E-state index contributed by atoms with van der Waals surface area (Å²) in [6, 6.07) is 11.4. The molecule has 0 amide bonds. The number of H-pyrrole nitrogens is 1. The zero-order valence-electron chi connectivity index (χ0n) is 10.9. The van der Waals surface area contributed by atoms with Gasteiger partial charge in [0.05, 0.1) is 0 Å². The van der Waals surface area contributed by atoms with Crippen molar-refractivity contribution in [2.75, 3.05) is 0 Å². The highest BCUT2D eigenvalue weighted by atomic mass is 19.1. The maximum Gasteiger partial charge on any atom is 0.197 e. The van der Waals surface area contributed by atoms with E-state index in [9.17, 15) is 13.6 Å². The van der Waals surface area contributed by atoms with Crippen LogP contribution in [0.2, 0.25) is 0 Å². The Bertz CT molecular complexity index is 754. The number of benzene rings is 2. The van der Waals surface area contributed by atoms with Crippen LogP contribution in [0, 0.1) is 11.6 Å². The molecule has 1 N–H and O–H groups in total. The van der Waals surface area contributed by atoms with Crippen molar-refractivity contribution in [3.05, 3.63) is 82.8 Å². The first-order valence-corrected chi connectivity index (χ1v) is 6.38. The van der Waals surface area contributed by atoms with Crippen LogP contribution >= 0.6 is 0 Å². The van der Waals surface area contributed by atoms with Crippen molar-refractivity contribution in [1.29, 1.82) is 0 Å². The minimum absolute atomic E-state index is 0.188. The molecular weight excluding hydrogens is 272 g/mol. The monoisotopic (exact) mass is 283 g/mol. The van der Waals surface area contributed by atoms with Crippen molar-refractivity contribution in [3.8, 4) is 22.3 Å². The number of hydrogen-bond donors (Lipinski definition) is 1. The van der Waals surface area contributed by atoms with Crippen molar-refractivity contribution in [1.82, 2.24) is 4.98 Å². The van der Waals surface area contributed by atoms with Gasteiger partial charge in [-0.2, -0.15) is 0 Å². The standard InChI is InChI=1S/C17H11F2NO/c18-13-5-1-11(2-6-13)15-9-20-10-16(17(15)21)12-3-7-14(19)8-4-12/h1-10H,(H,20,21). The van der Waals surface area contributed by atoms with E-state index in [2.05, 4.69) is 4.98 Å². The summed E-state index contributed by atoms with van der Waals surface area (Å²) in [5.74, 6) is -0.713. The summed E-state index contributed by atoms with van der Waals surface area (Å²) >= 11 is 0. The van der Waals surface area contributed by atoms with Crippen molar-refractivity contribution >= 4 is 0 Å². The van der Waals surface area contributed by atoms with Gasteiger partial charge in [-0.05, 0) is 35.4 Å². The van der Waals surface area contributed by atoms with Crippen LogP contribution in [0.5, 0.6) is 0 Å². The first-order chi connectivity index (χ1) is 10.1. The van der Waals surface area contributed by atoms with Gasteiger partial charge >= 0.3 is 0 Å². The number of hydrogen-bond acceptors (Lipinski definition) is 1. The molecule has 0 saturated carbocycles. The second kappa shape index (κ2) is 5.32. The molecule has 0 bridgehead atoms. The second-order valence-electron chi connectivity index (χ2n) is 4.63. The molecule has 21 heavy (non-hydrogen) atoms. The lowest BCUT2D eigenvalue weighted by atomic mass is 10.0. The van der Waals surface area contributed by atoms with Crippen LogP contribution in [0.1, 0.15) is 0 Å². The van der Waals surface area contributed by atoms with Crippen LogP contribution in [0.15, 0.2) is 65.7 Å². The average Bonchev–Trinajstić information content (AvgIpc) is 2.50. The number of aromatic nitrogens is 1. The Morgan fingerprint density at radius 3 is 1.43 bits per heavy atom. The summed E-state index contributed by atoms with van der Waals surface area (Å²) in [7, 11) is 0. The zero-order valence-corrected chi connectivity index (χ0v) is 10.9. The van der Waals surface area contributed by atoms with E-state index in [1.165, 1.54) is 24.3 Å². The van der Waals surface area contributed by atoms with E-state index in [0.717, 1.165) is 0 Å². The molecule has 0 aliphatic carbocycles. The second-order valence-corrected chi connectivity index (χ2v) is 4.63. The molecule has 0 radical (unpaired) electrons. The first-order valence-electron chi connectivity index (χ1n) is 6.38. The molecule has 2 aromatic carbocycles. The molecule has 3 rings (SSSR count). The number of aromatic amines is 1. The van der Waals surface area contributed by atoms with Crippen LogP contribution in [0.3, 0.4) is 0 Å². The highest BCUT2D eigenvalue weighted by Gasteiger charge is 2.09. The van der Waals surface area contributed by atoms with Gasteiger partial charge in [0, 0.05) is 23.5 Å². The lowest BCUT2D eigenvalue weighted by molar-refractivity contribution is 0.627. The minimum atomic E-state index is -0.357. The van der Waals surface area contributed by atoms with Crippen LogP contribution in [-0.2, 0) is 0 Å². The lowest BCUT2D eigenvalue weighted by Gasteiger charge is -2.05. The van der Waals surface area contributed by atoms with Gasteiger partial charge in [0.15, 0.2) is 5.43 Å². The fraction of sp³-hybridized carbons (Fsp3) is 0. The molecule has 4 heteroatoms. The number of halogens is 2. The molecule has 0 saturated heterocycles. The highest BCUT2D eigenvalue weighted by Crippen LogP contribution is 2.20. The summed E-state index contributed by atoms with van der Waals surface area (Å²) in [6.07, 6.45) is 3.14. The summed E-state index contributed by atoms with van der Waals surface area (Å²) in [5, 5.41) is 0. The Morgan fingerprint density at radius 2 is 1.05 bits per heavy atom. The van der Waals surface area contributed by atoms with Crippen molar-refractivity contribution in [2.45, 2.75) is 0 Å². The molecule has 0 unspecified atom stereocenters. The third kappa shape index (κ3) is 2.60. The Morgan fingerprint density at radius 1 is 0.667 bits per heavy atom. The average molecular weight is 283 g/mol. The van der Waals surface area contributed by atoms with E-state index in [-0.39, 0.29) is 17.1 Å². The summed E-state index contributed by atoms with van der Waals surface area (Å²) < 4.78 is 25.9. The van der Waals surface area contributed by atoms with Gasteiger partial charge in [-0.25, -0.2) is 8.78 Å². The van der Waals surface area contributed by atoms with Gasteiger partial charge in [0.2, 0.25) is 0 Å². The van der Waals surface area contributed by atoms with E-state index in [0.29, 0.717) is 22.3 Å². The predicted molar refractivity (Wildman–Crippen MR) is 77.9 cm³/mol. The SMILES string of the molecule is O=c1c(-c2ccc(F)cc2)c[nH]cc1-c1ccc(F)cc1.